The van der Waals surface area contributed by atoms with Crippen molar-refractivity contribution in [3.63, 3.8) is 0 Å². The summed E-state index contributed by atoms with van der Waals surface area (Å²) in [6.45, 7) is 4.04. The minimum Gasteiger partial charge on any atom is -0.259 e. The molecule has 0 heterocycles. The highest BCUT2D eigenvalue weighted by Crippen LogP contribution is 2.04. The van der Waals surface area contributed by atoms with Crippen molar-refractivity contribution < 1.29 is 4.21 Å². The molecule has 0 aliphatic heterocycles. The molecule has 1 unspecified atom stereocenters. The van der Waals surface area contributed by atoms with Gasteiger partial charge >= 0.3 is 0 Å². The van der Waals surface area contributed by atoms with Crippen LogP contribution >= 0.6 is 15.9 Å². The smallest absolute Gasteiger partial charge is 0.0291 e. The molecular weight excluding hydrogens is 236 g/mol. The van der Waals surface area contributed by atoms with E-state index < -0.39 is 10.8 Å². The maximum Gasteiger partial charge on any atom is 0.0291 e. The summed E-state index contributed by atoms with van der Waals surface area (Å²) in [7, 11) is -0.589. The standard InChI is InChI=1S/C9H19BrOS/c1-9(2)12(11)8-6-4-3-5-7-10/h9H,3-8H2,1-2H3. The summed E-state index contributed by atoms with van der Waals surface area (Å²) in [6.07, 6.45) is 4.86. The van der Waals surface area contributed by atoms with Crippen molar-refractivity contribution in [2.75, 3.05) is 11.1 Å². The zero-order valence-electron chi connectivity index (χ0n) is 8.01. The number of halogens is 1. The number of unbranched alkanes of at least 4 members (excludes halogenated alkanes) is 3. The van der Waals surface area contributed by atoms with E-state index in [1.54, 1.807) is 0 Å². The van der Waals surface area contributed by atoms with Crippen molar-refractivity contribution in [1.82, 2.24) is 0 Å². The molecule has 12 heavy (non-hydrogen) atoms. The first-order chi connectivity index (χ1) is 5.68. The molecular formula is C9H19BrOS. The van der Waals surface area contributed by atoms with E-state index in [0.717, 1.165) is 17.5 Å². The van der Waals surface area contributed by atoms with Gasteiger partial charge < -0.3 is 0 Å². The van der Waals surface area contributed by atoms with E-state index in [1.807, 2.05) is 13.8 Å². The highest BCUT2D eigenvalue weighted by Gasteiger charge is 2.03. The quantitative estimate of drug-likeness (QED) is 0.504. The van der Waals surface area contributed by atoms with Crippen LogP contribution in [-0.2, 0) is 10.8 Å². The van der Waals surface area contributed by atoms with Crippen molar-refractivity contribution in [3.8, 4) is 0 Å². The maximum absolute atomic E-state index is 11.3. The SMILES string of the molecule is CC(C)S(=O)CCCCCCBr. The zero-order valence-corrected chi connectivity index (χ0v) is 10.4. The minimum atomic E-state index is -0.589. The highest BCUT2D eigenvalue weighted by atomic mass is 79.9. The summed E-state index contributed by atoms with van der Waals surface area (Å²) in [5.74, 6) is 0.889. The highest BCUT2D eigenvalue weighted by molar-refractivity contribution is 9.09. The number of hydrogen-bond donors (Lipinski definition) is 0. The third-order valence-corrected chi connectivity index (χ3v) is 4.06. The first-order valence-electron chi connectivity index (χ1n) is 4.61. The van der Waals surface area contributed by atoms with Gasteiger partial charge in [-0.05, 0) is 12.8 Å². The first kappa shape index (κ1) is 12.6. The molecule has 0 aromatic heterocycles. The van der Waals surface area contributed by atoms with Crippen LogP contribution in [0.4, 0.5) is 0 Å². The van der Waals surface area contributed by atoms with Crippen LogP contribution in [0.5, 0.6) is 0 Å². The van der Waals surface area contributed by atoms with E-state index in [0.29, 0.717) is 5.25 Å². The Morgan fingerprint density at radius 1 is 1.17 bits per heavy atom. The third-order valence-electron chi connectivity index (χ3n) is 1.75. The molecule has 0 aliphatic carbocycles. The molecule has 0 saturated heterocycles. The summed E-state index contributed by atoms with van der Waals surface area (Å²) in [6, 6.07) is 0. The maximum atomic E-state index is 11.3. The second kappa shape index (κ2) is 8.24. The van der Waals surface area contributed by atoms with Gasteiger partial charge in [-0.3, -0.25) is 4.21 Å². The molecule has 3 heteroatoms. The van der Waals surface area contributed by atoms with E-state index in [-0.39, 0.29) is 0 Å². The molecule has 0 bridgehead atoms. The Balaban J connectivity index is 3.14. The molecule has 74 valence electrons. The van der Waals surface area contributed by atoms with Crippen LogP contribution in [0, 0.1) is 0 Å². The normalized spacial score (nSPS) is 13.7. The second-order valence-electron chi connectivity index (χ2n) is 3.24. The Kier molecular flexibility index (Phi) is 8.67. The van der Waals surface area contributed by atoms with Gasteiger partial charge in [0.15, 0.2) is 0 Å². The van der Waals surface area contributed by atoms with Gasteiger partial charge in [0.1, 0.15) is 0 Å². The predicted molar refractivity (Wildman–Crippen MR) is 60.4 cm³/mol. The van der Waals surface area contributed by atoms with Crippen molar-refractivity contribution >= 4 is 26.7 Å². The summed E-state index contributed by atoms with van der Waals surface area (Å²) in [5.41, 5.74) is 0. The van der Waals surface area contributed by atoms with E-state index in [1.165, 1.54) is 19.3 Å². The van der Waals surface area contributed by atoms with Crippen molar-refractivity contribution in [3.05, 3.63) is 0 Å². The Bertz CT molecular complexity index is 126. The lowest BCUT2D eigenvalue weighted by Gasteiger charge is -2.04. The molecule has 0 aliphatic rings. The lowest BCUT2D eigenvalue weighted by atomic mass is 10.2. The van der Waals surface area contributed by atoms with Crippen LogP contribution in [0.2, 0.25) is 0 Å². The van der Waals surface area contributed by atoms with Gasteiger partial charge in [-0.1, -0.05) is 42.6 Å². The van der Waals surface area contributed by atoms with Gasteiger partial charge in [0.2, 0.25) is 0 Å². The number of hydrogen-bond acceptors (Lipinski definition) is 1. The van der Waals surface area contributed by atoms with Gasteiger partial charge in [-0.15, -0.1) is 0 Å². The van der Waals surface area contributed by atoms with Crippen LogP contribution in [0.25, 0.3) is 0 Å². The lowest BCUT2D eigenvalue weighted by Crippen LogP contribution is -2.09. The van der Waals surface area contributed by atoms with Gasteiger partial charge in [0.25, 0.3) is 0 Å². The number of rotatable bonds is 7. The van der Waals surface area contributed by atoms with E-state index in [2.05, 4.69) is 15.9 Å². The second-order valence-corrected chi connectivity index (χ2v) is 6.14. The minimum absolute atomic E-state index is 0.334. The molecule has 0 rings (SSSR count). The Labute approximate surface area is 86.9 Å². The fraction of sp³-hybridized carbons (Fsp3) is 1.00. The van der Waals surface area contributed by atoms with Gasteiger partial charge in [0, 0.05) is 27.1 Å². The van der Waals surface area contributed by atoms with Crippen LogP contribution in [-0.4, -0.2) is 20.5 Å². The topological polar surface area (TPSA) is 17.1 Å². The molecule has 0 aromatic carbocycles. The average molecular weight is 255 g/mol. The Morgan fingerprint density at radius 2 is 1.75 bits per heavy atom. The van der Waals surface area contributed by atoms with Crippen LogP contribution < -0.4 is 0 Å². The van der Waals surface area contributed by atoms with Gasteiger partial charge in [-0.2, -0.15) is 0 Å². The fourth-order valence-corrected chi connectivity index (χ4v) is 2.28. The number of alkyl halides is 1. The fourth-order valence-electron chi connectivity index (χ4n) is 0.928. The lowest BCUT2D eigenvalue weighted by molar-refractivity contribution is 0.663. The summed E-state index contributed by atoms with van der Waals surface area (Å²) in [4.78, 5) is 0. The van der Waals surface area contributed by atoms with Gasteiger partial charge in [-0.25, -0.2) is 0 Å². The first-order valence-corrected chi connectivity index (χ1v) is 7.12. The Morgan fingerprint density at radius 3 is 2.25 bits per heavy atom. The molecule has 0 radical (unpaired) electrons. The Hall–Kier alpha value is 0.630. The molecule has 0 spiro atoms. The molecule has 0 amide bonds. The summed E-state index contributed by atoms with van der Waals surface area (Å²) < 4.78 is 11.3. The molecule has 0 fully saturated rings. The molecule has 0 saturated carbocycles. The molecule has 1 nitrogen and oxygen atoms in total. The van der Waals surface area contributed by atoms with Crippen LogP contribution in [0.15, 0.2) is 0 Å². The predicted octanol–water partition coefficient (Wildman–Crippen LogP) is 3.10. The van der Waals surface area contributed by atoms with Crippen molar-refractivity contribution in [2.24, 2.45) is 0 Å². The largest absolute Gasteiger partial charge is 0.259 e. The van der Waals surface area contributed by atoms with Gasteiger partial charge in [0.05, 0.1) is 0 Å². The molecule has 0 aromatic rings. The summed E-state index contributed by atoms with van der Waals surface area (Å²) >= 11 is 3.39. The molecule has 0 N–H and O–H groups in total. The summed E-state index contributed by atoms with van der Waals surface area (Å²) in [5, 5.41) is 1.43. The van der Waals surface area contributed by atoms with Crippen LogP contribution in [0.1, 0.15) is 39.5 Å². The third kappa shape index (κ3) is 7.29. The van der Waals surface area contributed by atoms with E-state index >= 15 is 0 Å². The van der Waals surface area contributed by atoms with Crippen LogP contribution in [0.3, 0.4) is 0 Å². The van der Waals surface area contributed by atoms with E-state index in [9.17, 15) is 4.21 Å². The molecule has 1 atom stereocenters. The monoisotopic (exact) mass is 254 g/mol. The van der Waals surface area contributed by atoms with Crippen molar-refractivity contribution in [2.45, 2.75) is 44.8 Å². The van der Waals surface area contributed by atoms with Crippen molar-refractivity contribution in [1.29, 1.82) is 0 Å². The average Bonchev–Trinajstić information content (AvgIpc) is 2.03. The van der Waals surface area contributed by atoms with E-state index in [4.69, 9.17) is 0 Å². The zero-order chi connectivity index (χ0) is 9.40.